The highest BCUT2D eigenvalue weighted by Crippen LogP contribution is 2.37. The minimum atomic E-state index is -4.08. The van der Waals surface area contributed by atoms with Crippen LogP contribution in [0.3, 0.4) is 0 Å². The summed E-state index contributed by atoms with van der Waals surface area (Å²) in [5.41, 5.74) is 0. The van der Waals surface area contributed by atoms with Crippen LogP contribution in [0, 0.1) is 11.8 Å². The quantitative estimate of drug-likeness (QED) is 0.853. The first-order chi connectivity index (χ1) is 10.2. The number of halogens is 3. The summed E-state index contributed by atoms with van der Waals surface area (Å²) in [6.45, 7) is 1.72. The molecular formula is C14H25F3N2O2S. The molecule has 130 valence electrons. The maximum atomic E-state index is 12.8. The van der Waals surface area contributed by atoms with Crippen molar-refractivity contribution in [3.63, 3.8) is 0 Å². The molecule has 1 aliphatic heterocycles. The van der Waals surface area contributed by atoms with Crippen LogP contribution in [0.5, 0.6) is 0 Å². The fourth-order valence-electron chi connectivity index (χ4n) is 3.45. The van der Waals surface area contributed by atoms with Crippen molar-refractivity contribution in [1.82, 2.24) is 9.62 Å². The van der Waals surface area contributed by atoms with Crippen molar-refractivity contribution in [2.45, 2.75) is 50.7 Å². The van der Waals surface area contributed by atoms with Crippen LogP contribution in [-0.2, 0) is 10.0 Å². The van der Waals surface area contributed by atoms with Gasteiger partial charge >= 0.3 is 6.18 Å². The van der Waals surface area contributed by atoms with Gasteiger partial charge in [0, 0.05) is 19.1 Å². The lowest BCUT2D eigenvalue weighted by Crippen LogP contribution is -2.44. The molecule has 1 saturated heterocycles. The van der Waals surface area contributed by atoms with E-state index in [4.69, 9.17) is 0 Å². The minimum Gasteiger partial charge on any atom is -0.314 e. The average Bonchev–Trinajstić information content (AvgIpc) is 2.44. The Balaban J connectivity index is 1.73. The van der Waals surface area contributed by atoms with Crippen LogP contribution in [0.4, 0.5) is 13.2 Å². The van der Waals surface area contributed by atoms with Gasteiger partial charge in [-0.1, -0.05) is 6.42 Å². The van der Waals surface area contributed by atoms with Gasteiger partial charge in [0.2, 0.25) is 10.0 Å². The molecule has 1 saturated carbocycles. The lowest BCUT2D eigenvalue weighted by Gasteiger charge is -2.34. The second kappa shape index (κ2) is 7.05. The average molecular weight is 342 g/mol. The molecule has 2 rings (SSSR count). The van der Waals surface area contributed by atoms with Crippen molar-refractivity contribution in [2.75, 3.05) is 25.9 Å². The first-order valence-corrected chi connectivity index (χ1v) is 9.76. The Hall–Kier alpha value is -0.340. The van der Waals surface area contributed by atoms with E-state index in [1.807, 2.05) is 0 Å². The number of piperidine rings is 1. The monoisotopic (exact) mass is 342 g/mol. The number of hydrogen-bond acceptors (Lipinski definition) is 3. The Morgan fingerprint density at radius 1 is 1.14 bits per heavy atom. The van der Waals surface area contributed by atoms with Gasteiger partial charge in [-0.25, -0.2) is 12.7 Å². The molecule has 1 aliphatic carbocycles. The minimum absolute atomic E-state index is 0.0617. The molecule has 2 unspecified atom stereocenters. The molecule has 0 aromatic carbocycles. The third-order valence-corrected chi connectivity index (χ3v) is 6.18. The molecule has 0 aromatic rings. The smallest absolute Gasteiger partial charge is 0.314 e. The zero-order valence-corrected chi connectivity index (χ0v) is 13.7. The number of nitrogens with one attached hydrogen (secondary N) is 1. The summed E-state index contributed by atoms with van der Waals surface area (Å²) in [6, 6.07) is -0.0617. The first kappa shape index (κ1) is 18.0. The van der Waals surface area contributed by atoms with Crippen molar-refractivity contribution < 1.29 is 21.6 Å². The van der Waals surface area contributed by atoms with Crippen LogP contribution >= 0.6 is 0 Å². The Kier molecular flexibility index (Phi) is 5.77. The lowest BCUT2D eigenvalue weighted by atomic mass is 9.85. The molecule has 1 heterocycles. The molecule has 0 amide bonds. The van der Waals surface area contributed by atoms with E-state index in [-0.39, 0.29) is 18.9 Å². The SMILES string of the molecule is CS(=O)(=O)N1CCC(CNC2CCCC(C(F)(F)F)C2)CC1. The molecule has 2 fully saturated rings. The predicted molar refractivity (Wildman–Crippen MR) is 78.9 cm³/mol. The third kappa shape index (κ3) is 5.09. The van der Waals surface area contributed by atoms with E-state index < -0.39 is 22.1 Å². The Labute approximate surface area is 130 Å². The normalized spacial score (nSPS) is 29.6. The molecule has 0 aromatic heterocycles. The van der Waals surface area contributed by atoms with Gasteiger partial charge in [0.25, 0.3) is 0 Å². The highest BCUT2D eigenvalue weighted by molar-refractivity contribution is 7.88. The van der Waals surface area contributed by atoms with Gasteiger partial charge in [-0.3, -0.25) is 0 Å². The van der Waals surface area contributed by atoms with Crippen LogP contribution in [0.25, 0.3) is 0 Å². The van der Waals surface area contributed by atoms with Gasteiger partial charge in [-0.15, -0.1) is 0 Å². The van der Waals surface area contributed by atoms with Crippen LogP contribution in [0.2, 0.25) is 0 Å². The number of alkyl halides is 3. The van der Waals surface area contributed by atoms with Crippen molar-refractivity contribution in [1.29, 1.82) is 0 Å². The van der Waals surface area contributed by atoms with E-state index in [9.17, 15) is 21.6 Å². The summed E-state index contributed by atoms with van der Waals surface area (Å²) in [5, 5.41) is 3.28. The largest absolute Gasteiger partial charge is 0.391 e. The van der Waals surface area contributed by atoms with E-state index in [2.05, 4.69) is 5.32 Å². The number of hydrogen-bond donors (Lipinski definition) is 1. The molecule has 8 heteroatoms. The third-order valence-electron chi connectivity index (χ3n) is 4.87. The van der Waals surface area contributed by atoms with Gasteiger partial charge in [-0.2, -0.15) is 13.2 Å². The zero-order chi connectivity index (χ0) is 16.4. The standard InChI is InChI=1S/C14H25F3N2O2S/c1-22(20,21)19-7-5-11(6-8-19)10-18-13-4-2-3-12(9-13)14(15,16)17/h11-13,18H,2-10H2,1H3. The fraction of sp³-hybridized carbons (Fsp3) is 1.00. The van der Waals surface area contributed by atoms with E-state index in [1.54, 1.807) is 0 Å². The summed E-state index contributed by atoms with van der Waals surface area (Å²) < 4.78 is 62.7. The highest BCUT2D eigenvalue weighted by Gasteiger charge is 2.42. The second-order valence-electron chi connectivity index (χ2n) is 6.62. The van der Waals surface area contributed by atoms with Crippen molar-refractivity contribution >= 4 is 10.0 Å². The van der Waals surface area contributed by atoms with Crippen LogP contribution in [0.15, 0.2) is 0 Å². The molecule has 0 radical (unpaired) electrons. The number of nitrogens with zero attached hydrogens (tertiary/aromatic N) is 1. The van der Waals surface area contributed by atoms with Gasteiger partial charge in [-0.05, 0) is 44.6 Å². The number of sulfonamides is 1. The highest BCUT2D eigenvalue weighted by atomic mass is 32.2. The summed E-state index contributed by atoms with van der Waals surface area (Å²) in [7, 11) is -3.12. The van der Waals surface area contributed by atoms with E-state index in [0.717, 1.165) is 19.3 Å². The van der Waals surface area contributed by atoms with E-state index in [0.29, 0.717) is 32.0 Å². The topological polar surface area (TPSA) is 49.4 Å². The predicted octanol–water partition coefficient (Wildman–Crippen LogP) is 2.37. The summed E-state index contributed by atoms with van der Waals surface area (Å²) in [5.74, 6) is -0.824. The van der Waals surface area contributed by atoms with Gasteiger partial charge in [0.15, 0.2) is 0 Å². The lowest BCUT2D eigenvalue weighted by molar-refractivity contribution is -0.183. The molecular weight excluding hydrogens is 317 g/mol. The van der Waals surface area contributed by atoms with Gasteiger partial charge < -0.3 is 5.32 Å². The van der Waals surface area contributed by atoms with Crippen LogP contribution < -0.4 is 5.32 Å². The maximum Gasteiger partial charge on any atom is 0.391 e. The summed E-state index contributed by atoms with van der Waals surface area (Å²) in [4.78, 5) is 0. The van der Waals surface area contributed by atoms with Crippen molar-refractivity contribution in [3.05, 3.63) is 0 Å². The molecule has 0 bridgehead atoms. The zero-order valence-electron chi connectivity index (χ0n) is 12.9. The maximum absolute atomic E-state index is 12.8. The van der Waals surface area contributed by atoms with E-state index in [1.165, 1.54) is 10.6 Å². The van der Waals surface area contributed by atoms with Crippen molar-refractivity contribution in [3.8, 4) is 0 Å². The first-order valence-electron chi connectivity index (χ1n) is 7.91. The summed E-state index contributed by atoms with van der Waals surface area (Å²) in [6.07, 6.45) is 0.514. The molecule has 2 atom stereocenters. The molecule has 4 nitrogen and oxygen atoms in total. The molecule has 0 spiro atoms. The molecule has 22 heavy (non-hydrogen) atoms. The van der Waals surface area contributed by atoms with E-state index >= 15 is 0 Å². The second-order valence-corrected chi connectivity index (χ2v) is 8.60. The Morgan fingerprint density at radius 2 is 1.77 bits per heavy atom. The van der Waals surface area contributed by atoms with Crippen LogP contribution in [0.1, 0.15) is 38.5 Å². The molecule has 1 N–H and O–H groups in total. The summed E-state index contributed by atoms with van der Waals surface area (Å²) >= 11 is 0. The van der Waals surface area contributed by atoms with Crippen molar-refractivity contribution in [2.24, 2.45) is 11.8 Å². The van der Waals surface area contributed by atoms with Gasteiger partial charge in [0.1, 0.15) is 0 Å². The fourth-order valence-corrected chi connectivity index (χ4v) is 4.32. The Morgan fingerprint density at radius 3 is 2.32 bits per heavy atom. The number of rotatable bonds is 4. The van der Waals surface area contributed by atoms with Gasteiger partial charge in [0.05, 0.1) is 12.2 Å². The van der Waals surface area contributed by atoms with Crippen LogP contribution in [-0.4, -0.2) is 50.8 Å². The Bertz CT molecular complexity index is 459. The molecule has 2 aliphatic rings.